The van der Waals surface area contributed by atoms with Gasteiger partial charge in [0.2, 0.25) is 0 Å². The Hall–Kier alpha value is -1.44. The van der Waals surface area contributed by atoms with Crippen LogP contribution in [0.3, 0.4) is 0 Å². The van der Waals surface area contributed by atoms with E-state index in [9.17, 15) is 5.11 Å². The molecule has 2 aliphatic heterocycles. The molecule has 2 fully saturated rings. The van der Waals surface area contributed by atoms with Crippen molar-refractivity contribution in [2.75, 3.05) is 13.2 Å². The van der Waals surface area contributed by atoms with Crippen molar-refractivity contribution in [2.45, 2.75) is 56.0 Å². The lowest BCUT2D eigenvalue weighted by Gasteiger charge is -2.46. The first kappa shape index (κ1) is 20.8. The zero-order valence-corrected chi connectivity index (χ0v) is 18.8. The molecule has 2 aromatic rings. The first-order chi connectivity index (χ1) is 13.8. The highest BCUT2D eigenvalue weighted by molar-refractivity contribution is 6.99. The lowest BCUT2D eigenvalue weighted by atomic mass is 9.86. The fourth-order valence-corrected chi connectivity index (χ4v) is 9.66. The van der Waals surface area contributed by atoms with E-state index < -0.39 is 20.0 Å². The summed E-state index contributed by atoms with van der Waals surface area (Å²) in [5.41, 5.74) is -0.699. The van der Waals surface area contributed by atoms with E-state index in [1.807, 2.05) is 20.0 Å². The standard InChI is InChI=1S/C23H31BO4Si/c1-22(2,3)29(17-10-6-4-7-11-17,18-12-8-5-9-13-18)27-16-23-14-15-26-19(20(23)25)21(24)28-23/h4-13,19-21,25H,14-16,24H2,1-3H3/t19-,20+,21-,23-/m1/s1. The lowest BCUT2D eigenvalue weighted by Crippen LogP contribution is -2.68. The Kier molecular flexibility index (Phi) is 5.51. The third-order valence-corrected chi connectivity index (χ3v) is 11.5. The molecule has 0 amide bonds. The van der Waals surface area contributed by atoms with Gasteiger partial charge in [0.25, 0.3) is 8.32 Å². The molecule has 1 N–H and O–H groups in total. The van der Waals surface area contributed by atoms with Gasteiger partial charge in [-0.1, -0.05) is 81.4 Å². The van der Waals surface area contributed by atoms with E-state index in [2.05, 4.69) is 69.3 Å². The van der Waals surface area contributed by atoms with Gasteiger partial charge in [-0.15, -0.1) is 0 Å². The Bertz CT molecular complexity index is 786. The molecule has 0 radical (unpaired) electrons. The van der Waals surface area contributed by atoms with Crippen LogP contribution in [-0.2, 0) is 13.9 Å². The van der Waals surface area contributed by atoms with Crippen LogP contribution in [0.5, 0.6) is 0 Å². The molecule has 2 bridgehead atoms. The Morgan fingerprint density at radius 2 is 1.62 bits per heavy atom. The highest BCUT2D eigenvalue weighted by Gasteiger charge is 2.58. The van der Waals surface area contributed by atoms with Crippen LogP contribution in [0.25, 0.3) is 0 Å². The number of aliphatic hydroxyl groups is 1. The molecular formula is C23H31BO4Si. The average Bonchev–Trinajstić information content (AvgIpc) is 2.83. The highest BCUT2D eigenvalue weighted by atomic mass is 28.4. The number of ether oxygens (including phenoxy) is 2. The van der Waals surface area contributed by atoms with Crippen molar-refractivity contribution in [3.8, 4) is 0 Å². The van der Waals surface area contributed by atoms with Crippen molar-refractivity contribution < 1.29 is 19.0 Å². The molecule has 2 heterocycles. The fourth-order valence-electron chi connectivity index (χ4n) is 5.05. The van der Waals surface area contributed by atoms with Gasteiger partial charge in [0, 0.05) is 6.42 Å². The average molecular weight is 410 g/mol. The Labute approximate surface area is 175 Å². The fraction of sp³-hybridized carbons (Fsp3) is 0.478. The maximum absolute atomic E-state index is 11.0. The molecule has 4 nitrogen and oxygen atoms in total. The molecule has 0 saturated carbocycles. The van der Waals surface area contributed by atoms with Crippen LogP contribution >= 0.6 is 0 Å². The van der Waals surface area contributed by atoms with Gasteiger partial charge in [-0.05, 0) is 15.4 Å². The van der Waals surface area contributed by atoms with Crippen molar-refractivity contribution in [1.82, 2.24) is 0 Å². The largest absolute Gasteiger partial charge is 0.404 e. The van der Waals surface area contributed by atoms with Crippen molar-refractivity contribution in [1.29, 1.82) is 0 Å². The van der Waals surface area contributed by atoms with E-state index in [1.165, 1.54) is 10.4 Å². The molecule has 6 heteroatoms. The van der Waals surface area contributed by atoms with Gasteiger partial charge >= 0.3 is 0 Å². The number of hydrogen-bond acceptors (Lipinski definition) is 4. The lowest BCUT2D eigenvalue weighted by molar-refractivity contribution is -0.135. The van der Waals surface area contributed by atoms with E-state index in [0.29, 0.717) is 19.6 Å². The number of rotatable bonds is 5. The molecule has 0 aliphatic carbocycles. The van der Waals surface area contributed by atoms with Gasteiger partial charge in [0.05, 0.1) is 19.2 Å². The first-order valence-corrected chi connectivity index (χ1v) is 12.4. The maximum Gasteiger partial charge on any atom is 0.261 e. The molecule has 154 valence electrons. The van der Waals surface area contributed by atoms with Gasteiger partial charge in [0.1, 0.15) is 25.7 Å². The van der Waals surface area contributed by atoms with E-state index in [4.69, 9.17) is 13.9 Å². The summed E-state index contributed by atoms with van der Waals surface area (Å²) in [4.78, 5) is 0. The second-order valence-corrected chi connectivity index (χ2v) is 13.7. The van der Waals surface area contributed by atoms with Crippen molar-refractivity contribution in [2.24, 2.45) is 0 Å². The van der Waals surface area contributed by atoms with Crippen LogP contribution < -0.4 is 10.4 Å². The normalized spacial score (nSPS) is 29.7. The van der Waals surface area contributed by atoms with Gasteiger partial charge in [-0.25, -0.2) is 0 Å². The Balaban J connectivity index is 1.77. The molecule has 0 aromatic heterocycles. The van der Waals surface area contributed by atoms with Crippen LogP contribution in [0.1, 0.15) is 27.2 Å². The minimum Gasteiger partial charge on any atom is -0.404 e. The predicted molar refractivity (Wildman–Crippen MR) is 120 cm³/mol. The molecule has 2 saturated heterocycles. The quantitative estimate of drug-likeness (QED) is 0.758. The third kappa shape index (κ3) is 3.41. The van der Waals surface area contributed by atoms with Crippen LogP contribution in [-0.4, -0.2) is 58.3 Å². The van der Waals surface area contributed by atoms with Crippen LogP contribution in [0.15, 0.2) is 60.7 Å². The zero-order chi connectivity index (χ0) is 20.7. The van der Waals surface area contributed by atoms with Crippen molar-refractivity contribution in [3.05, 3.63) is 60.7 Å². The Morgan fingerprint density at radius 3 is 2.14 bits per heavy atom. The van der Waals surface area contributed by atoms with E-state index >= 15 is 0 Å². The molecule has 0 spiro atoms. The second kappa shape index (κ2) is 7.67. The number of hydrogen-bond donors (Lipinski definition) is 1. The van der Waals surface area contributed by atoms with E-state index in [1.54, 1.807) is 0 Å². The monoisotopic (exact) mass is 410 g/mol. The van der Waals surface area contributed by atoms with Gasteiger partial charge in [-0.2, -0.15) is 0 Å². The second-order valence-electron chi connectivity index (χ2n) is 9.37. The molecule has 4 atom stereocenters. The van der Waals surface area contributed by atoms with E-state index in [0.717, 1.165) is 0 Å². The summed E-state index contributed by atoms with van der Waals surface area (Å²) in [6, 6.07) is 21.0. The summed E-state index contributed by atoms with van der Waals surface area (Å²) in [6.07, 6.45) is -0.288. The minimum absolute atomic E-state index is 0.105. The maximum atomic E-state index is 11.0. The SMILES string of the molecule is B[C@@H]1O[C@@]2(CO[Si](c3ccccc3)(c3ccccc3)C(C)(C)C)CCO[C@@H]1[C@@H]2O. The van der Waals surface area contributed by atoms with Crippen LogP contribution in [0, 0.1) is 0 Å². The Morgan fingerprint density at radius 1 is 1.07 bits per heavy atom. The van der Waals surface area contributed by atoms with Gasteiger partial charge < -0.3 is 19.0 Å². The molecule has 4 rings (SSSR count). The van der Waals surface area contributed by atoms with Crippen molar-refractivity contribution >= 4 is 26.5 Å². The molecular weight excluding hydrogens is 379 g/mol. The zero-order valence-electron chi connectivity index (χ0n) is 17.8. The molecule has 2 aliphatic rings. The molecule has 0 unspecified atom stereocenters. The van der Waals surface area contributed by atoms with Crippen molar-refractivity contribution in [3.63, 3.8) is 0 Å². The minimum atomic E-state index is -2.66. The topological polar surface area (TPSA) is 47.9 Å². The summed E-state index contributed by atoms with van der Waals surface area (Å²) in [5, 5.41) is 13.3. The summed E-state index contributed by atoms with van der Waals surface area (Å²) < 4.78 is 19.1. The molecule has 2 aromatic carbocycles. The summed E-state index contributed by atoms with van der Waals surface area (Å²) in [5.74, 6) is 0. The summed E-state index contributed by atoms with van der Waals surface area (Å²) in [6.45, 7) is 7.75. The van der Waals surface area contributed by atoms with E-state index in [-0.39, 0.29) is 17.1 Å². The van der Waals surface area contributed by atoms with Gasteiger partial charge in [0.15, 0.2) is 0 Å². The smallest absolute Gasteiger partial charge is 0.261 e. The number of aliphatic hydroxyl groups excluding tert-OH is 1. The highest BCUT2D eigenvalue weighted by Crippen LogP contribution is 2.42. The number of benzene rings is 2. The third-order valence-electron chi connectivity index (χ3n) is 6.52. The molecule has 29 heavy (non-hydrogen) atoms. The first-order valence-electron chi connectivity index (χ1n) is 10.5. The number of fused-ring (bicyclic) bond motifs is 2. The summed E-state index contributed by atoms with van der Waals surface area (Å²) in [7, 11) is -0.686. The van der Waals surface area contributed by atoms with Crippen LogP contribution in [0.4, 0.5) is 0 Å². The summed E-state index contributed by atoms with van der Waals surface area (Å²) >= 11 is 0. The van der Waals surface area contributed by atoms with Gasteiger partial charge in [-0.3, -0.25) is 0 Å². The van der Waals surface area contributed by atoms with Crippen LogP contribution in [0.2, 0.25) is 5.04 Å². The predicted octanol–water partition coefficient (Wildman–Crippen LogP) is 1.44.